The van der Waals surface area contributed by atoms with Crippen LogP contribution in [0.5, 0.6) is 5.75 Å². The maximum Gasteiger partial charge on any atom is 0.251 e. The molecule has 2 aromatic carbocycles. The van der Waals surface area contributed by atoms with Gasteiger partial charge < -0.3 is 10.1 Å². The van der Waals surface area contributed by atoms with Gasteiger partial charge in [0.2, 0.25) is 10.0 Å². The Kier molecular flexibility index (Phi) is 7.17. The lowest BCUT2D eigenvalue weighted by molar-refractivity contribution is 0.0954. The third kappa shape index (κ3) is 5.57. The lowest BCUT2D eigenvalue weighted by Crippen LogP contribution is -2.27. The van der Waals surface area contributed by atoms with Gasteiger partial charge in [-0.05, 0) is 48.7 Å². The van der Waals surface area contributed by atoms with Crippen LogP contribution in [-0.4, -0.2) is 34.5 Å². The molecule has 0 aliphatic heterocycles. The zero-order valence-electron chi connectivity index (χ0n) is 15.0. The summed E-state index contributed by atoms with van der Waals surface area (Å²) < 4.78 is 32.0. The average molecular weight is 376 g/mol. The molecule has 0 fully saturated rings. The standard InChI is InChI=1S/C19H24N2O4S/c1-3-11-21-26(23,24)18-9-5-7-16(14-18)19(22)20-12-10-15-6-4-8-17(13-15)25-2/h4-9,13-14,21H,3,10-12H2,1-2H3,(H,20,22). The summed E-state index contributed by atoms with van der Waals surface area (Å²) in [6, 6.07) is 13.7. The molecular formula is C19H24N2O4S. The number of hydrogen-bond donors (Lipinski definition) is 2. The predicted octanol–water partition coefficient (Wildman–Crippen LogP) is 2.36. The minimum atomic E-state index is -3.59. The van der Waals surface area contributed by atoms with Crippen LogP contribution < -0.4 is 14.8 Å². The van der Waals surface area contributed by atoms with Gasteiger partial charge in [0, 0.05) is 18.7 Å². The Morgan fingerprint density at radius 1 is 1.08 bits per heavy atom. The van der Waals surface area contributed by atoms with Gasteiger partial charge in [0.1, 0.15) is 5.75 Å². The van der Waals surface area contributed by atoms with Crippen LogP contribution in [0.15, 0.2) is 53.4 Å². The van der Waals surface area contributed by atoms with Crippen LogP contribution in [0.3, 0.4) is 0 Å². The van der Waals surface area contributed by atoms with Crippen molar-refractivity contribution in [1.29, 1.82) is 0 Å². The SMILES string of the molecule is CCCNS(=O)(=O)c1cccc(C(=O)NCCc2cccc(OC)c2)c1. The molecule has 26 heavy (non-hydrogen) atoms. The molecule has 0 saturated carbocycles. The van der Waals surface area contributed by atoms with E-state index in [0.717, 1.165) is 11.3 Å². The Morgan fingerprint density at radius 3 is 2.58 bits per heavy atom. The summed E-state index contributed by atoms with van der Waals surface area (Å²) in [5.74, 6) is 0.465. The number of rotatable bonds is 9. The topological polar surface area (TPSA) is 84.5 Å². The van der Waals surface area contributed by atoms with E-state index in [-0.39, 0.29) is 10.8 Å². The number of methoxy groups -OCH3 is 1. The highest BCUT2D eigenvalue weighted by molar-refractivity contribution is 7.89. The first-order chi connectivity index (χ1) is 12.5. The van der Waals surface area contributed by atoms with Crippen molar-refractivity contribution in [2.45, 2.75) is 24.7 Å². The summed E-state index contributed by atoms with van der Waals surface area (Å²) >= 11 is 0. The van der Waals surface area contributed by atoms with Gasteiger partial charge in [0.25, 0.3) is 5.91 Å². The van der Waals surface area contributed by atoms with Gasteiger partial charge in [-0.2, -0.15) is 0 Å². The van der Waals surface area contributed by atoms with Crippen LogP contribution in [0.1, 0.15) is 29.3 Å². The molecule has 0 aliphatic carbocycles. The van der Waals surface area contributed by atoms with Crippen molar-refractivity contribution in [3.05, 3.63) is 59.7 Å². The van der Waals surface area contributed by atoms with Crippen molar-refractivity contribution >= 4 is 15.9 Å². The number of nitrogens with one attached hydrogen (secondary N) is 2. The van der Waals surface area contributed by atoms with Crippen LogP contribution in [0.25, 0.3) is 0 Å². The smallest absolute Gasteiger partial charge is 0.251 e. The molecule has 0 atom stereocenters. The van der Waals surface area contributed by atoms with Gasteiger partial charge in [0.15, 0.2) is 0 Å². The van der Waals surface area contributed by atoms with E-state index in [4.69, 9.17) is 4.74 Å². The van der Waals surface area contributed by atoms with Gasteiger partial charge in [-0.1, -0.05) is 25.1 Å². The van der Waals surface area contributed by atoms with Crippen molar-refractivity contribution in [2.24, 2.45) is 0 Å². The molecule has 0 saturated heterocycles. The second-order valence-electron chi connectivity index (χ2n) is 5.78. The molecule has 0 spiro atoms. The van der Waals surface area contributed by atoms with E-state index in [1.807, 2.05) is 31.2 Å². The molecule has 0 heterocycles. The predicted molar refractivity (Wildman–Crippen MR) is 101 cm³/mol. The highest BCUT2D eigenvalue weighted by Gasteiger charge is 2.15. The molecule has 0 radical (unpaired) electrons. The molecule has 0 aromatic heterocycles. The van der Waals surface area contributed by atoms with Crippen LogP contribution in [0.2, 0.25) is 0 Å². The van der Waals surface area contributed by atoms with Crippen molar-refractivity contribution in [2.75, 3.05) is 20.2 Å². The highest BCUT2D eigenvalue weighted by atomic mass is 32.2. The number of hydrogen-bond acceptors (Lipinski definition) is 4. The molecule has 140 valence electrons. The summed E-state index contributed by atoms with van der Waals surface area (Å²) in [4.78, 5) is 12.4. The molecule has 7 heteroatoms. The van der Waals surface area contributed by atoms with E-state index in [2.05, 4.69) is 10.0 Å². The van der Waals surface area contributed by atoms with Crippen molar-refractivity contribution in [3.63, 3.8) is 0 Å². The fourth-order valence-electron chi connectivity index (χ4n) is 2.37. The van der Waals surface area contributed by atoms with E-state index in [1.165, 1.54) is 12.1 Å². The van der Waals surface area contributed by atoms with Gasteiger partial charge in [-0.15, -0.1) is 0 Å². The molecule has 2 aromatic rings. The maximum atomic E-state index is 12.3. The number of carbonyl (C=O) groups is 1. The Balaban J connectivity index is 1.98. The van der Waals surface area contributed by atoms with Crippen LogP contribution in [-0.2, 0) is 16.4 Å². The van der Waals surface area contributed by atoms with Crippen molar-refractivity contribution in [3.8, 4) is 5.75 Å². The quantitative estimate of drug-likeness (QED) is 0.704. The number of benzene rings is 2. The second-order valence-corrected chi connectivity index (χ2v) is 7.55. The van der Waals surface area contributed by atoms with E-state index in [9.17, 15) is 13.2 Å². The lowest BCUT2D eigenvalue weighted by atomic mass is 10.1. The van der Waals surface area contributed by atoms with Crippen LogP contribution >= 0.6 is 0 Å². The largest absolute Gasteiger partial charge is 0.497 e. The molecule has 1 amide bonds. The maximum absolute atomic E-state index is 12.3. The van der Waals surface area contributed by atoms with E-state index >= 15 is 0 Å². The summed E-state index contributed by atoms with van der Waals surface area (Å²) in [6.45, 7) is 2.69. The summed E-state index contributed by atoms with van der Waals surface area (Å²) in [5, 5.41) is 2.81. The summed E-state index contributed by atoms with van der Waals surface area (Å²) in [5.41, 5.74) is 1.36. The molecule has 0 bridgehead atoms. The first kappa shape index (κ1) is 19.9. The molecule has 2 N–H and O–H groups in total. The summed E-state index contributed by atoms with van der Waals surface area (Å²) in [6.07, 6.45) is 1.35. The molecule has 0 aliphatic rings. The Bertz CT molecular complexity index is 850. The molecule has 2 rings (SSSR count). The fourth-order valence-corrected chi connectivity index (χ4v) is 3.55. The summed E-state index contributed by atoms with van der Waals surface area (Å²) in [7, 11) is -1.99. The van der Waals surface area contributed by atoms with E-state index in [0.29, 0.717) is 31.5 Å². The third-order valence-corrected chi connectivity index (χ3v) is 5.24. The van der Waals surface area contributed by atoms with E-state index < -0.39 is 10.0 Å². The molecule has 0 unspecified atom stereocenters. The number of carbonyl (C=O) groups excluding carboxylic acids is 1. The second kappa shape index (κ2) is 9.35. The van der Waals surface area contributed by atoms with E-state index in [1.54, 1.807) is 19.2 Å². The Labute approximate surface area is 154 Å². The minimum absolute atomic E-state index is 0.0893. The third-order valence-electron chi connectivity index (χ3n) is 3.78. The van der Waals surface area contributed by atoms with Crippen molar-refractivity contribution in [1.82, 2.24) is 10.0 Å². The average Bonchev–Trinajstić information content (AvgIpc) is 2.66. The Morgan fingerprint density at radius 2 is 1.85 bits per heavy atom. The molecule has 6 nitrogen and oxygen atoms in total. The Hall–Kier alpha value is -2.38. The van der Waals surface area contributed by atoms with Crippen LogP contribution in [0, 0.1) is 0 Å². The van der Waals surface area contributed by atoms with Crippen LogP contribution in [0.4, 0.5) is 0 Å². The monoisotopic (exact) mass is 376 g/mol. The highest BCUT2D eigenvalue weighted by Crippen LogP contribution is 2.13. The van der Waals surface area contributed by atoms with Gasteiger partial charge in [-0.3, -0.25) is 4.79 Å². The first-order valence-electron chi connectivity index (χ1n) is 8.47. The lowest BCUT2D eigenvalue weighted by Gasteiger charge is -2.09. The minimum Gasteiger partial charge on any atom is -0.497 e. The zero-order valence-corrected chi connectivity index (χ0v) is 15.8. The fraction of sp³-hybridized carbons (Fsp3) is 0.316. The number of amides is 1. The normalized spacial score (nSPS) is 11.2. The van der Waals surface area contributed by atoms with Gasteiger partial charge in [0.05, 0.1) is 12.0 Å². The molecular weight excluding hydrogens is 352 g/mol. The first-order valence-corrected chi connectivity index (χ1v) is 9.95. The zero-order chi connectivity index (χ0) is 19.0. The van der Waals surface area contributed by atoms with Gasteiger partial charge >= 0.3 is 0 Å². The number of ether oxygens (including phenoxy) is 1. The van der Waals surface area contributed by atoms with Crippen molar-refractivity contribution < 1.29 is 17.9 Å². The number of sulfonamides is 1. The van der Waals surface area contributed by atoms with Gasteiger partial charge in [-0.25, -0.2) is 13.1 Å².